The summed E-state index contributed by atoms with van der Waals surface area (Å²) < 4.78 is 2.30. The lowest BCUT2D eigenvalue weighted by molar-refractivity contribution is 0.213. The number of piperidine rings is 1. The maximum absolute atomic E-state index is 4.64. The normalized spacial score (nSPS) is 16.2. The third kappa shape index (κ3) is 6.34. The van der Waals surface area contributed by atoms with Crippen LogP contribution >= 0.6 is 24.0 Å². The predicted octanol–water partition coefficient (Wildman–Crippen LogP) is 3.25. The van der Waals surface area contributed by atoms with E-state index in [4.69, 9.17) is 0 Å². The highest BCUT2D eigenvalue weighted by atomic mass is 127. The molecule has 7 heteroatoms. The second-order valence-electron chi connectivity index (χ2n) is 7.61. The van der Waals surface area contributed by atoms with Crippen molar-refractivity contribution in [2.45, 2.75) is 39.2 Å². The van der Waals surface area contributed by atoms with Crippen molar-refractivity contribution in [2.75, 3.05) is 40.3 Å². The number of nitrogens with zero attached hydrogens (tertiary/aromatic N) is 4. The Morgan fingerprint density at radius 2 is 1.89 bits per heavy atom. The van der Waals surface area contributed by atoms with E-state index in [-0.39, 0.29) is 24.0 Å². The number of imidazole rings is 1. The number of hydrogen-bond donors (Lipinski definition) is 2. The van der Waals surface area contributed by atoms with Crippen LogP contribution in [0.15, 0.2) is 29.3 Å². The summed E-state index contributed by atoms with van der Waals surface area (Å²) in [7, 11) is 4.06. The fourth-order valence-corrected chi connectivity index (χ4v) is 3.89. The van der Waals surface area contributed by atoms with Crippen LogP contribution < -0.4 is 10.6 Å². The fourth-order valence-electron chi connectivity index (χ4n) is 3.89. The number of aryl methyl sites for hydroxylation is 2. The van der Waals surface area contributed by atoms with Crippen LogP contribution in [0.4, 0.5) is 0 Å². The first-order chi connectivity index (χ1) is 13.2. The average molecular weight is 498 g/mol. The Kier molecular flexibility index (Phi) is 9.50. The SMILES string of the molecule is CN=C(NCCCn1c(C)nc2ccccc21)NCCC1CCN(C)CC1.I. The van der Waals surface area contributed by atoms with Gasteiger partial charge in [-0.1, -0.05) is 12.1 Å². The minimum Gasteiger partial charge on any atom is -0.356 e. The molecule has 0 aliphatic carbocycles. The molecular formula is C21H35IN6. The smallest absolute Gasteiger partial charge is 0.190 e. The van der Waals surface area contributed by atoms with E-state index in [1.165, 1.54) is 37.9 Å². The Hall–Kier alpha value is -1.35. The number of hydrogen-bond acceptors (Lipinski definition) is 3. The van der Waals surface area contributed by atoms with E-state index < -0.39 is 0 Å². The molecular weight excluding hydrogens is 463 g/mol. The Morgan fingerprint density at radius 1 is 1.18 bits per heavy atom. The van der Waals surface area contributed by atoms with Crippen molar-refractivity contribution in [3.05, 3.63) is 30.1 Å². The number of para-hydroxylation sites is 2. The number of rotatable bonds is 7. The maximum Gasteiger partial charge on any atom is 0.190 e. The molecule has 2 N–H and O–H groups in total. The number of likely N-dealkylation sites (tertiary alicyclic amines) is 1. The van der Waals surface area contributed by atoms with Crippen LogP contribution in [-0.4, -0.2) is 60.7 Å². The van der Waals surface area contributed by atoms with Gasteiger partial charge in [0.25, 0.3) is 0 Å². The van der Waals surface area contributed by atoms with Crippen LogP contribution in [0.2, 0.25) is 0 Å². The summed E-state index contributed by atoms with van der Waals surface area (Å²) in [6.07, 6.45) is 4.91. The van der Waals surface area contributed by atoms with Crippen molar-refractivity contribution >= 4 is 41.0 Å². The highest BCUT2D eigenvalue weighted by Crippen LogP contribution is 2.18. The molecule has 6 nitrogen and oxygen atoms in total. The summed E-state index contributed by atoms with van der Waals surface area (Å²) in [6.45, 7) is 7.42. The molecule has 3 rings (SSSR count). The molecule has 0 unspecified atom stereocenters. The molecule has 1 aliphatic rings. The van der Waals surface area contributed by atoms with Crippen LogP contribution in [0.1, 0.15) is 31.5 Å². The zero-order valence-electron chi connectivity index (χ0n) is 17.4. The van der Waals surface area contributed by atoms with Crippen LogP contribution in [0, 0.1) is 12.8 Å². The molecule has 2 aromatic rings. The van der Waals surface area contributed by atoms with E-state index in [0.29, 0.717) is 0 Å². The van der Waals surface area contributed by atoms with E-state index in [9.17, 15) is 0 Å². The number of guanidine groups is 1. The molecule has 0 spiro atoms. The first-order valence-corrected chi connectivity index (χ1v) is 10.2. The number of aromatic nitrogens is 2. The molecule has 0 bridgehead atoms. The second kappa shape index (κ2) is 11.6. The lowest BCUT2D eigenvalue weighted by atomic mass is 9.94. The fraction of sp³-hybridized carbons (Fsp3) is 0.619. The van der Waals surface area contributed by atoms with Gasteiger partial charge in [0, 0.05) is 26.7 Å². The van der Waals surface area contributed by atoms with Crippen molar-refractivity contribution in [2.24, 2.45) is 10.9 Å². The molecule has 1 aromatic carbocycles. The number of nitrogens with one attached hydrogen (secondary N) is 2. The molecule has 1 fully saturated rings. The Balaban J connectivity index is 0.00000280. The van der Waals surface area contributed by atoms with Crippen molar-refractivity contribution in [3.63, 3.8) is 0 Å². The summed E-state index contributed by atoms with van der Waals surface area (Å²) in [5.41, 5.74) is 2.30. The highest BCUT2D eigenvalue weighted by Gasteiger charge is 2.16. The van der Waals surface area contributed by atoms with Gasteiger partial charge in [-0.15, -0.1) is 24.0 Å². The average Bonchev–Trinajstić information content (AvgIpc) is 3.00. The van der Waals surface area contributed by atoms with Crippen LogP contribution in [0.3, 0.4) is 0 Å². The molecule has 1 aromatic heterocycles. The summed E-state index contributed by atoms with van der Waals surface area (Å²) in [4.78, 5) is 11.4. The minimum absolute atomic E-state index is 0. The van der Waals surface area contributed by atoms with Gasteiger partial charge in [0.05, 0.1) is 11.0 Å². The Bertz CT molecular complexity index is 748. The summed E-state index contributed by atoms with van der Waals surface area (Å²) in [5.74, 6) is 2.84. The van der Waals surface area contributed by atoms with Gasteiger partial charge < -0.3 is 20.1 Å². The van der Waals surface area contributed by atoms with Gasteiger partial charge in [-0.3, -0.25) is 4.99 Å². The summed E-state index contributed by atoms with van der Waals surface area (Å²) in [6, 6.07) is 8.34. The topological polar surface area (TPSA) is 57.5 Å². The molecule has 0 atom stereocenters. The molecule has 1 saturated heterocycles. The van der Waals surface area contributed by atoms with E-state index in [1.54, 1.807) is 0 Å². The largest absolute Gasteiger partial charge is 0.356 e. The van der Waals surface area contributed by atoms with E-state index >= 15 is 0 Å². The third-order valence-electron chi connectivity index (χ3n) is 5.60. The van der Waals surface area contributed by atoms with Gasteiger partial charge in [-0.05, 0) is 70.8 Å². The number of fused-ring (bicyclic) bond motifs is 1. The van der Waals surface area contributed by atoms with Crippen molar-refractivity contribution < 1.29 is 0 Å². The Labute approximate surface area is 186 Å². The van der Waals surface area contributed by atoms with Gasteiger partial charge in [-0.25, -0.2) is 4.98 Å². The minimum atomic E-state index is 0. The van der Waals surface area contributed by atoms with E-state index in [2.05, 4.69) is 62.2 Å². The first-order valence-electron chi connectivity index (χ1n) is 10.2. The predicted molar refractivity (Wildman–Crippen MR) is 129 cm³/mol. The molecule has 2 heterocycles. The maximum atomic E-state index is 4.64. The van der Waals surface area contributed by atoms with E-state index in [0.717, 1.165) is 49.3 Å². The molecule has 156 valence electrons. The van der Waals surface area contributed by atoms with Crippen molar-refractivity contribution in [1.29, 1.82) is 0 Å². The van der Waals surface area contributed by atoms with Crippen molar-refractivity contribution in [1.82, 2.24) is 25.1 Å². The Morgan fingerprint density at radius 3 is 2.64 bits per heavy atom. The molecule has 28 heavy (non-hydrogen) atoms. The molecule has 1 aliphatic heterocycles. The summed E-state index contributed by atoms with van der Waals surface area (Å²) in [5, 5.41) is 6.91. The van der Waals surface area contributed by atoms with Crippen LogP contribution in [0.25, 0.3) is 11.0 Å². The quantitative estimate of drug-likeness (QED) is 0.267. The van der Waals surface area contributed by atoms with Crippen molar-refractivity contribution in [3.8, 4) is 0 Å². The third-order valence-corrected chi connectivity index (χ3v) is 5.60. The standard InChI is InChI=1S/C21H34N6.HI/c1-17-25-19-7-4-5-8-20(19)27(17)14-6-12-23-21(22-2)24-13-9-18-10-15-26(3)16-11-18;/h4-5,7-8,18H,6,9-16H2,1-3H3,(H2,22,23,24);1H. The first kappa shape index (κ1) is 22.9. The number of aliphatic imine (C=N–C) groups is 1. The van der Waals surface area contributed by atoms with Gasteiger partial charge in [0.1, 0.15) is 5.82 Å². The number of halogens is 1. The molecule has 0 saturated carbocycles. The van der Waals surface area contributed by atoms with Gasteiger partial charge >= 0.3 is 0 Å². The lowest BCUT2D eigenvalue weighted by Crippen LogP contribution is -2.39. The van der Waals surface area contributed by atoms with Crippen LogP contribution in [-0.2, 0) is 6.54 Å². The van der Waals surface area contributed by atoms with Gasteiger partial charge in [0.2, 0.25) is 0 Å². The second-order valence-corrected chi connectivity index (χ2v) is 7.61. The van der Waals surface area contributed by atoms with Gasteiger partial charge in [-0.2, -0.15) is 0 Å². The monoisotopic (exact) mass is 498 g/mol. The van der Waals surface area contributed by atoms with Gasteiger partial charge in [0.15, 0.2) is 5.96 Å². The lowest BCUT2D eigenvalue weighted by Gasteiger charge is -2.29. The highest BCUT2D eigenvalue weighted by molar-refractivity contribution is 14.0. The zero-order valence-corrected chi connectivity index (χ0v) is 19.8. The van der Waals surface area contributed by atoms with Crippen LogP contribution in [0.5, 0.6) is 0 Å². The molecule has 0 radical (unpaired) electrons. The molecule has 0 amide bonds. The number of benzene rings is 1. The summed E-state index contributed by atoms with van der Waals surface area (Å²) >= 11 is 0. The zero-order chi connectivity index (χ0) is 19.1. The van der Waals surface area contributed by atoms with E-state index in [1.807, 2.05) is 13.1 Å².